The Kier molecular flexibility index (Phi) is 6.55. The quantitative estimate of drug-likeness (QED) is 0.585. The number of carbonyl (C=O) groups excluding carboxylic acids is 1. The van der Waals surface area contributed by atoms with Crippen molar-refractivity contribution in [2.24, 2.45) is 0 Å². The summed E-state index contributed by atoms with van der Waals surface area (Å²) < 4.78 is 19.2. The number of nitrogens with zero attached hydrogens (tertiary/aromatic N) is 2. The van der Waals surface area contributed by atoms with Gasteiger partial charge in [0.25, 0.3) is 0 Å². The largest absolute Gasteiger partial charge is 0.487 e. The number of carbonyl (C=O) groups is 1. The predicted molar refractivity (Wildman–Crippen MR) is 123 cm³/mol. The van der Waals surface area contributed by atoms with Crippen molar-refractivity contribution in [1.82, 2.24) is 9.88 Å². The maximum atomic E-state index is 13.4. The molecule has 0 unspecified atom stereocenters. The number of aliphatic hydroxyl groups is 1. The molecule has 3 aromatic rings. The standard InChI is InChI=1S/C24H26FN3O3S/c1-16-6-8-17(9-7-16)20-14-32-23(26-20)27-22(29)13-28-11-10-21(24(2,30)15-28)31-19-5-3-4-18(25)12-19/h3-9,12,14,21,30H,10-11,13,15H2,1-2H3,(H,26,27,29)/t21-,24-/m0/s1. The van der Waals surface area contributed by atoms with E-state index in [0.717, 1.165) is 11.3 Å². The van der Waals surface area contributed by atoms with Crippen molar-refractivity contribution in [2.45, 2.75) is 32.0 Å². The lowest BCUT2D eigenvalue weighted by molar-refractivity contribution is -0.123. The van der Waals surface area contributed by atoms with Crippen molar-refractivity contribution >= 4 is 22.4 Å². The average Bonchev–Trinajstić information content (AvgIpc) is 3.18. The van der Waals surface area contributed by atoms with Gasteiger partial charge in [0.05, 0.1) is 12.2 Å². The van der Waals surface area contributed by atoms with Crippen molar-refractivity contribution in [3.8, 4) is 17.0 Å². The summed E-state index contributed by atoms with van der Waals surface area (Å²) in [6, 6.07) is 14.0. The number of aromatic nitrogens is 1. The lowest BCUT2D eigenvalue weighted by Gasteiger charge is -2.42. The Morgan fingerprint density at radius 1 is 1.34 bits per heavy atom. The molecule has 0 spiro atoms. The molecule has 1 aliphatic heterocycles. The summed E-state index contributed by atoms with van der Waals surface area (Å²) in [5.74, 6) is -0.186. The van der Waals surface area contributed by atoms with Gasteiger partial charge >= 0.3 is 0 Å². The van der Waals surface area contributed by atoms with Crippen molar-refractivity contribution in [2.75, 3.05) is 25.0 Å². The fraction of sp³-hybridized carbons (Fsp3) is 0.333. The number of benzene rings is 2. The fourth-order valence-corrected chi connectivity index (χ4v) is 4.56. The minimum absolute atomic E-state index is 0.141. The van der Waals surface area contributed by atoms with Crippen LogP contribution < -0.4 is 10.1 Å². The highest BCUT2D eigenvalue weighted by molar-refractivity contribution is 7.14. The fourth-order valence-electron chi connectivity index (χ4n) is 3.82. The van der Waals surface area contributed by atoms with Crippen LogP contribution in [-0.4, -0.2) is 52.2 Å². The minimum Gasteiger partial charge on any atom is -0.487 e. The molecule has 0 saturated carbocycles. The number of thiazole rings is 1. The van der Waals surface area contributed by atoms with E-state index in [2.05, 4.69) is 10.3 Å². The van der Waals surface area contributed by atoms with Gasteiger partial charge in [-0.25, -0.2) is 9.37 Å². The van der Waals surface area contributed by atoms with Crippen LogP contribution >= 0.6 is 11.3 Å². The van der Waals surface area contributed by atoms with Crippen LogP contribution in [0.15, 0.2) is 53.9 Å². The number of aryl methyl sites for hydroxylation is 1. The third-order valence-electron chi connectivity index (χ3n) is 5.48. The second kappa shape index (κ2) is 9.36. The summed E-state index contributed by atoms with van der Waals surface area (Å²) in [6.45, 7) is 4.70. The zero-order valence-electron chi connectivity index (χ0n) is 18.0. The number of anilines is 1. The summed E-state index contributed by atoms with van der Waals surface area (Å²) >= 11 is 1.38. The minimum atomic E-state index is -1.18. The molecule has 0 aliphatic carbocycles. The van der Waals surface area contributed by atoms with Crippen molar-refractivity contribution in [3.63, 3.8) is 0 Å². The lowest BCUT2D eigenvalue weighted by Crippen LogP contribution is -2.58. The molecule has 1 amide bonds. The Labute approximate surface area is 190 Å². The molecule has 1 fully saturated rings. The second-order valence-electron chi connectivity index (χ2n) is 8.37. The number of likely N-dealkylation sites (tertiary alicyclic amines) is 1. The molecule has 2 N–H and O–H groups in total. The number of amides is 1. The summed E-state index contributed by atoms with van der Waals surface area (Å²) in [5, 5.41) is 16.2. The van der Waals surface area contributed by atoms with Crippen molar-refractivity contribution in [1.29, 1.82) is 0 Å². The van der Waals surface area contributed by atoms with E-state index >= 15 is 0 Å². The molecular formula is C24H26FN3O3S. The van der Waals surface area contributed by atoms with E-state index in [-0.39, 0.29) is 24.8 Å². The Bertz CT molecular complexity index is 1080. The monoisotopic (exact) mass is 455 g/mol. The Balaban J connectivity index is 1.31. The van der Waals surface area contributed by atoms with Gasteiger partial charge in [-0.2, -0.15) is 0 Å². The SMILES string of the molecule is Cc1ccc(-c2csc(NC(=O)CN3CC[C@H](Oc4cccc(F)c4)[C@@](C)(O)C3)n2)cc1. The zero-order valence-corrected chi connectivity index (χ0v) is 18.9. The smallest absolute Gasteiger partial charge is 0.240 e. The second-order valence-corrected chi connectivity index (χ2v) is 9.23. The van der Waals surface area contributed by atoms with Crippen LogP contribution in [0.2, 0.25) is 0 Å². The van der Waals surface area contributed by atoms with Crippen LogP contribution in [0, 0.1) is 12.7 Å². The maximum absolute atomic E-state index is 13.4. The molecule has 2 atom stereocenters. The van der Waals surface area contributed by atoms with Crippen LogP contribution in [0.25, 0.3) is 11.3 Å². The molecule has 1 aliphatic rings. The van der Waals surface area contributed by atoms with Crippen molar-refractivity contribution < 1.29 is 19.0 Å². The summed E-state index contributed by atoms with van der Waals surface area (Å²) in [6.07, 6.45) is 0.0330. The first-order valence-electron chi connectivity index (χ1n) is 10.5. The van der Waals surface area contributed by atoms with E-state index in [1.807, 2.05) is 41.5 Å². The van der Waals surface area contributed by atoms with Crippen LogP contribution in [0.5, 0.6) is 5.75 Å². The first-order valence-corrected chi connectivity index (χ1v) is 11.4. The number of ether oxygens (including phenoxy) is 1. The Hall–Kier alpha value is -2.81. The molecule has 1 saturated heterocycles. The molecule has 8 heteroatoms. The zero-order chi connectivity index (χ0) is 22.7. The van der Waals surface area contributed by atoms with Gasteiger partial charge < -0.3 is 15.2 Å². The predicted octanol–water partition coefficient (Wildman–Crippen LogP) is 4.10. The van der Waals surface area contributed by atoms with Gasteiger partial charge in [-0.3, -0.25) is 9.69 Å². The lowest BCUT2D eigenvalue weighted by atomic mass is 9.91. The van der Waals surface area contributed by atoms with Gasteiger partial charge in [0.2, 0.25) is 5.91 Å². The summed E-state index contributed by atoms with van der Waals surface area (Å²) in [5.41, 5.74) is 1.83. The molecule has 2 heterocycles. The Morgan fingerprint density at radius 2 is 2.12 bits per heavy atom. The molecule has 0 radical (unpaired) electrons. The third kappa shape index (κ3) is 5.51. The number of nitrogens with one attached hydrogen (secondary N) is 1. The summed E-state index contributed by atoms with van der Waals surface area (Å²) in [4.78, 5) is 18.9. The van der Waals surface area contributed by atoms with E-state index < -0.39 is 11.7 Å². The van der Waals surface area contributed by atoms with Gasteiger partial charge in [-0.05, 0) is 32.4 Å². The van der Waals surface area contributed by atoms with Crippen LogP contribution in [0.3, 0.4) is 0 Å². The summed E-state index contributed by atoms with van der Waals surface area (Å²) in [7, 11) is 0. The van der Waals surface area contributed by atoms with E-state index in [9.17, 15) is 14.3 Å². The molecule has 6 nitrogen and oxygen atoms in total. The highest BCUT2D eigenvalue weighted by Gasteiger charge is 2.40. The van der Waals surface area contributed by atoms with E-state index in [4.69, 9.17) is 4.74 Å². The first-order chi connectivity index (χ1) is 15.3. The molecule has 4 rings (SSSR count). The normalized spacial score (nSPS) is 21.3. The first kappa shape index (κ1) is 22.4. The number of hydrogen-bond donors (Lipinski definition) is 2. The van der Waals surface area contributed by atoms with E-state index in [1.165, 1.54) is 29.0 Å². The number of hydrogen-bond acceptors (Lipinski definition) is 6. The molecule has 168 valence electrons. The topological polar surface area (TPSA) is 74.7 Å². The van der Waals surface area contributed by atoms with Gasteiger partial charge in [0, 0.05) is 30.1 Å². The highest BCUT2D eigenvalue weighted by Crippen LogP contribution is 2.28. The molecule has 0 bridgehead atoms. The number of β-amino-alcohol motifs (C(OH)–C–C–N with tert-alkyl or cyclic N) is 1. The van der Waals surface area contributed by atoms with Gasteiger partial charge in [0.15, 0.2) is 5.13 Å². The average molecular weight is 456 g/mol. The van der Waals surface area contributed by atoms with Gasteiger partial charge in [-0.15, -0.1) is 11.3 Å². The maximum Gasteiger partial charge on any atom is 0.240 e. The molecule has 32 heavy (non-hydrogen) atoms. The molecule has 1 aromatic heterocycles. The van der Waals surface area contributed by atoms with E-state index in [0.29, 0.717) is 23.8 Å². The van der Waals surface area contributed by atoms with E-state index in [1.54, 1.807) is 19.1 Å². The third-order valence-corrected chi connectivity index (χ3v) is 6.24. The van der Waals surface area contributed by atoms with Crippen LogP contribution in [0.4, 0.5) is 9.52 Å². The molecule has 2 aromatic carbocycles. The number of rotatable bonds is 6. The molecular weight excluding hydrogens is 429 g/mol. The van der Waals surface area contributed by atoms with Gasteiger partial charge in [-0.1, -0.05) is 35.9 Å². The van der Waals surface area contributed by atoms with Crippen molar-refractivity contribution in [3.05, 3.63) is 65.3 Å². The Morgan fingerprint density at radius 3 is 2.84 bits per heavy atom. The number of piperidine rings is 1. The van der Waals surface area contributed by atoms with Crippen LogP contribution in [0.1, 0.15) is 18.9 Å². The van der Waals surface area contributed by atoms with Crippen LogP contribution in [-0.2, 0) is 4.79 Å². The highest BCUT2D eigenvalue weighted by atomic mass is 32.1. The van der Waals surface area contributed by atoms with Gasteiger partial charge in [0.1, 0.15) is 23.3 Å². The number of halogens is 1.